The average molecular weight is 362 g/mol. The molecule has 1 aromatic carbocycles. The number of likely N-dealkylation sites (tertiary alicyclic amines) is 1. The fourth-order valence-corrected chi connectivity index (χ4v) is 3.84. The van der Waals surface area contributed by atoms with Gasteiger partial charge in [0.2, 0.25) is 0 Å². The fraction of sp³-hybridized carbons (Fsp3) is 0.500. The number of hydrogen-bond acceptors (Lipinski definition) is 6. The lowest BCUT2D eigenvalue weighted by atomic mass is 9.97. The molecular weight excluding hydrogens is 340 g/mol. The molecule has 3 rings (SSSR count). The number of carbonyl (C=O) groups is 2. The molecule has 0 spiro atoms. The van der Waals surface area contributed by atoms with Crippen molar-refractivity contribution in [1.82, 2.24) is 9.88 Å². The van der Waals surface area contributed by atoms with E-state index in [0.717, 1.165) is 24.8 Å². The average Bonchev–Trinajstić information content (AvgIpc) is 3.01. The highest BCUT2D eigenvalue weighted by Gasteiger charge is 2.29. The number of thioether (sulfide) groups is 1. The van der Waals surface area contributed by atoms with Crippen molar-refractivity contribution >= 4 is 34.7 Å². The zero-order valence-electron chi connectivity index (χ0n) is 14.4. The molecule has 0 radical (unpaired) electrons. The van der Waals surface area contributed by atoms with E-state index in [2.05, 4.69) is 4.98 Å². The van der Waals surface area contributed by atoms with E-state index in [0.29, 0.717) is 10.8 Å². The van der Waals surface area contributed by atoms with Gasteiger partial charge in [-0.15, -0.1) is 0 Å². The van der Waals surface area contributed by atoms with Gasteiger partial charge in [0.05, 0.1) is 0 Å². The number of carbonyl (C=O) groups excluding carboxylic acids is 2. The second-order valence-corrected chi connectivity index (χ2v) is 7.25. The second kappa shape index (κ2) is 7.91. The maximum atomic E-state index is 12.3. The van der Waals surface area contributed by atoms with E-state index in [4.69, 9.17) is 9.15 Å². The first kappa shape index (κ1) is 17.8. The van der Waals surface area contributed by atoms with E-state index in [1.54, 1.807) is 0 Å². The quantitative estimate of drug-likeness (QED) is 0.600. The van der Waals surface area contributed by atoms with Gasteiger partial charge >= 0.3 is 5.97 Å². The third-order valence-corrected chi connectivity index (χ3v) is 5.23. The Kier molecular flexibility index (Phi) is 5.63. The third kappa shape index (κ3) is 4.34. The highest BCUT2D eigenvalue weighted by Crippen LogP contribution is 2.24. The van der Waals surface area contributed by atoms with Gasteiger partial charge in [0.15, 0.2) is 12.2 Å². The maximum Gasteiger partial charge on any atom is 0.316 e. The monoisotopic (exact) mass is 362 g/mol. The van der Waals surface area contributed by atoms with Crippen LogP contribution in [0.2, 0.25) is 0 Å². The first-order valence-corrected chi connectivity index (χ1v) is 9.48. The fourth-order valence-electron chi connectivity index (χ4n) is 3.20. The number of hydrogen-bond donors (Lipinski definition) is 0. The number of ether oxygens (including phenoxy) is 1. The Labute approximate surface area is 150 Å². The topological polar surface area (TPSA) is 72.6 Å². The molecule has 7 heteroatoms. The van der Waals surface area contributed by atoms with E-state index in [-0.39, 0.29) is 30.4 Å². The smallest absolute Gasteiger partial charge is 0.316 e. The van der Waals surface area contributed by atoms with Gasteiger partial charge in [-0.1, -0.05) is 23.9 Å². The van der Waals surface area contributed by atoms with Crippen molar-refractivity contribution in [2.45, 2.75) is 50.4 Å². The first-order chi connectivity index (χ1) is 12.0. The van der Waals surface area contributed by atoms with Gasteiger partial charge in [-0.25, -0.2) is 4.98 Å². The standard InChI is InChI=1S/C18H22N2O4S/c1-12-6-5-7-13(2)20(12)16(21)10-23-17(22)11-25-18-19-14-8-3-4-9-15(14)24-18/h3-4,8-9,12-13H,5-7,10-11H2,1-2H3. The predicted octanol–water partition coefficient (Wildman–Crippen LogP) is 3.25. The molecule has 1 fully saturated rings. The number of amides is 1. The summed E-state index contributed by atoms with van der Waals surface area (Å²) in [6.45, 7) is 3.87. The molecule has 1 amide bonds. The van der Waals surface area contributed by atoms with Crippen molar-refractivity contribution < 1.29 is 18.7 Å². The number of aromatic nitrogens is 1. The van der Waals surface area contributed by atoms with Crippen LogP contribution in [0.4, 0.5) is 0 Å². The first-order valence-electron chi connectivity index (χ1n) is 8.49. The predicted molar refractivity (Wildman–Crippen MR) is 95.3 cm³/mol. The Hall–Kier alpha value is -2.02. The number of fused-ring (bicyclic) bond motifs is 1. The van der Waals surface area contributed by atoms with Crippen molar-refractivity contribution in [2.75, 3.05) is 12.4 Å². The Bertz CT molecular complexity index is 717. The minimum Gasteiger partial charge on any atom is -0.455 e. The van der Waals surface area contributed by atoms with Gasteiger partial charge in [0.25, 0.3) is 11.1 Å². The largest absolute Gasteiger partial charge is 0.455 e. The lowest BCUT2D eigenvalue weighted by molar-refractivity contribution is -0.153. The van der Waals surface area contributed by atoms with Gasteiger partial charge in [-0.3, -0.25) is 9.59 Å². The highest BCUT2D eigenvalue weighted by molar-refractivity contribution is 7.99. The number of benzene rings is 1. The molecule has 25 heavy (non-hydrogen) atoms. The van der Waals surface area contributed by atoms with Crippen LogP contribution in [0.15, 0.2) is 33.9 Å². The lowest BCUT2D eigenvalue weighted by Gasteiger charge is -2.38. The third-order valence-electron chi connectivity index (χ3n) is 4.43. The number of nitrogens with zero attached hydrogens (tertiary/aromatic N) is 2. The zero-order chi connectivity index (χ0) is 17.8. The van der Waals surface area contributed by atoms with Crippen molar-refractivity contribution in [1.29, 1.82) is 0 Å². The molecule has 2 atom stereocenters. The van der Waals surface area contributed by atoms with E-state index in [9.17, 15) is 9.59 Å². The minimum atomic E-state index is -0.446. The van der Waals surface area contributed by atoms with Crippen LogP contribution in [0.25, 0.3) is 11.1 Å². The summed E-state index contributed by atoms with van der Waals surface area (Å²) < 4.78 is 10.7. The molecule has 1 aromatic heterocycles. The molecule has 134 valence electrons. The van der Waals surface area contributed by atoms with Gasteiger partial charge in [-0.05, 0) is 45.2 Å². The van der Waals surface area contributed by atoms with Crippen LogP contribution in [0.5, 0.6) is 0 Å². The molecule has 1 aliphatic heterocycles. The van der Waals surface area contributed by atoms with E-state index in [1.807, 2.05) is 43.0 Å². The van der Waals surface area contributed by atoms with Crippen molar-refractivity contribution in [2.24, 2.45) is 0 Å². The summed E-state index contributed by atoms with van der Waals surface area (Å²) in [6.07, 6.45) is 3.13. The van der Waals surface area contributed by atoms with Crippen molar-refractivity contribution in [3.05, 3.63) is 24.3 Å². The van der Waals surface area contributed by atoms with Crippen LogP contribution in [0.1, 0.15) is 33.1 Å². The molecular formula is C18H22N2O4S. The molecule has 1 aliphatic rings. The molecule has 0 bridgehead atoms. The number of para-hydroxylation sites is 2. The second-order valence-electron chi connectivity index (χ2n) is 6.33. The van der Waals surface area contributed by atoms with E-state index < -0.39 is 5.97 Å². The van der Waals surface area contributed by atoms with Crippen LogP contribution in [0.3, 0.4) is 0 Å². The number of piperidine rings is 1. The van der Waals surface area contributed by atoms with Crippen LogP contribution in [0, 0.1) is 0 Å². The SMILES string of the molecule is CC1CCCC(C)N1C(=O)COC(=O)CSc1nc2ccccc2o1. The molecule has 2 aromatic rings. The summed E-state index contributed by atoms with van der Waals surface area (Å²) in [7, 11) is 0. The van der Waals surface area contributed by atoms with Gasteiger partial charge in [-0.2, -0.15) is 0 Å². The molecule has 0 aliphatic carbocycles. The number of esters is 1. The summed E-state index contributed by atoms with van der Waals surface area (Å²) in [5.74, 6) is -0.511. The molecule has 0 N–H and O–H groups in total. The van der Waals surface area contributed by atoms with Crippen molar-refractivity contribution in [3.63, 3.8) is 0 Å². The summed E-state index contributed by atoms with van der Waals surface area (Å²) in [5.41, 5.74) is 1.43. The van der Waals surface area contributed by atoms with E-state index in [1.165, 1.54) is 11.8 Å². The van der Waals surface area contributed by atoms with Gasteiger partial charge in [0, 0.05) is 12.1 Å². The normalized spacial score (nSPS) is 20.6. The van der Waals surface area contributed by atoms with Gasteiger partial charge in [0.1, 0.15) is 11.3 Å². The van der Waals surface area contributed by atoms with Crippen LogP contribution < -0.4 is 0 Å². The van der Waals surface area contributed by atoms with Crippen LogP contribution in [-0.4, -0.2) is 46.2 Å². The Morgan fingerprint density at radius 1 is 1.28 bits per heavy atom. The molecule has 0 saturated carbocycles. The molecule has 1 saturated heterocycles. The number of oxazole rings is 1. The Balaban J connectivity index is 1.46. The zero-order valence-corrected chi connectivity index (χ0v) is 15.3. The lowest BCUT2D eigenvalue weighted by Crippen LogP contribution is -2.49. The maximum absolute atomic E-state index is 12.3. The molecule has 2 unspecified atom stereocenters. The summed E-state index contributed by atoms with van der Waals surface area (Å²) in [4.78, 5) is 30.3. The van der Waals surface area contributed by atoms with Crippen LogP contribution >= 0.6 is 11.8 Å². The summed E-state index contributed by atoms with van der Waals surface area (Å²) in [5, 5.41) is 0.419. The summed E-state index contributed by atoms with van der Waals surface area (Å²) >= 11 is 1.17. The highest BCUT2D eigenvalue weighted by atomic mass is 32.2. The van der Waals surface area contributed by atoms with E-state index >= 15 is 0 Å². The summed E-state index contributed by atoms with van der Waals surface area (Å²) in [6, 6.07) is 7.81. The minimum absolute atomic E-state index is 0.0607. The Morgan fingerprint density at radius 3 is 2.72 bits per heavy atom. The van der Waals surface area contributed by atoms with Crippen LogP contribution in [-0.2, 0) is 14.3 Å². The van der Waals surface area contributed by atoms with Crippen molar-refractivity contribution in [3.8, 4) is 0 Å². The molecule has 6 nitrogen and oxygen atoms in total. The Morgan fingerprint density at radius 2 is 2.00 bits per heavy atom. The molecule has 2 heterocycles. The van der Waals surface area contributed by atoms with Gasteiger partial charge < -0.3 is 14.1 Å². The number of rotatable bonds is 5.